The van der Waals surface area contributed by atoms with Crippen LogP contribution in [-0.4, -0.2) is 30.7 Å². The van der Waals surface area contributed by atoms with Crippen molar-refractivity contribution in [1.29, 1.82) is 0 Å². The maximum atomic E-state index is 11.8. The van der Waals surface area contributed by atoms with E-state index in [1.54, 1.807) is 0 Å². The van der Waals surface area contributed by atoms with Crippen molar-refractivity contribution in [3.05, 3.63) is 35.4 Å². The molecule has 1 aliphatic rings. The van der Waals surface area contributed by atoms with Crippen molar-refractivity contribution < 1.29 is 14.4 Å². The van der Waals surface area contributed by atoms with E-state index in [0.29, 0.717) is 25.8 Å². The predicted octanol–water partition coefficient (Wildman–Crippen LogP) is 1.53. The Morgan fingerprint density at radius 3 is 2.52 bits per heavy atom. The van der Waals surface area contributed by atoms with Gasteiger partial charge in [0.25, 0.3) is 0 Å². The van der Waals surface area contributed by atoms with Crippen molar-refractivity contribution in [3.63, 3.8) is 0 Å². The predicted molar refractivity (Wildman–Crippen MR) is 87.9 cm³/mol. The summed E-state index contributed by atoms with van der Waals surface area (Å²) in [7, 11) is 0. The molecule has 0 spiro atoms. The van der Waals surface area contributed by atoms with E-state index in [4.69, 9.17) is 0 Å². The van der Waals surface area contributed by atoms with Crippen LogP contribution in [0.15, 0.2) is 24.3 Å². The Bertz CT molecular complexity index is 566. The fraction of sp³-hybridized carbons (Fsp3) is 0.500. The normalized spacial score (nSPS) is 17.1. The quantitative estimate of drug-likeness (QED) is 0.801. The van der Waals surface area contributed by atoms with Crippen LogP contribution >= 0.6 is 0 Å². The lowest BCUT2D eigenvalue weighted by Gasteiger charge is -2.10. The molecule has 1 aromatic rings. The summed E-state index contributed by atoms with van der Waals surface area (Å²) in [6, 6.07) is 8.05. The Kier molecular flexibility index (Phi) is 6.32. The number of carbonyl (C=O) groups excluding carboxylic acids is 3. The highest BCUT2D eigenvalue weighted by atomic mass is 16.2. The second-order valence-corrected chi connectivity index (χ2v) is 6.12. The lowest BCUT2D eigenvalue weighted by atomic mass is 10.1. The largest absolute Gasteiger partial charge is 0.354 e. The molecule has 1 saturated carbocycles. The average Bonchev–Trinajstić information content (AvgIpc) is 2.95. The van der Waals surface area contributed by atoms with Crippen LogP contribution in [0.4, 0.5) is 0 Å². The van der Waals surface area contributed by atoms with Gasteiger partial charge in [0.05, 0.1) is 6.54 Å². The summed E-state index contributed by atoms with van der Waals surface area (Å²) >= 11 is 0. The summed E-state index contributed by atoms with van der Waals surface area (Å²) in [5, 5.41) is 5.33. The highest BCUT2D eigenvalue weighted by Gasteiger charge is 2.24. The molecule has 2 N–H and O–H groups in total. The lowest BCUT2D eigenvalue weighted by Crippen LogP contribution is -2.39. The molecule has 5 heteroatoms. The van der Waals surface area contributed by atoms with Gasteiger partial charge in [-0.25, -0.2) is 0 Å². The molecule has 1 aliphatic carbocycles. The second-order valence-electron chi connectivity index (χ2n) is 6.12. The van der Waals surface area contributed by atoms with Gasteiger partial charge in [-0.3, -0.25) is 14.4 Å². The monoisotopic (exact) mass is 316 g/mol. The lowest BCUT2D eigenvalue weighted by molar-refractivity contribution is -0.126. The Balaban J connectivity index is 1.60. The van der Waals surface area contributed by atoms with Crippen molar-refractivity contribution in [2.24, 2.45) is 5.92 Å². The van der Waals surface area contributed by atoms with Crippen LogP contribution in [0.25, 0.3) is 0 Å². The first-order valence-electron chi connectivity index (χ1n) is 8.16. The van der Waals surface area contributed by atoms with Crippen molar-refractivity contribution in [1.82, 2.24) is 10.6 Å². The van der Waals surface area contributed by atoms with Crippen LogP contribution in [0.5, 0.6) is 0 Å². The maximum absolute atomic E-state index is 11.8. The van der Waals surface area contributed by atoms with Gasteiger partial charge in [0, 0.05) is 25.3 Å². The van der Waals surface area contributed by atoms with Crippen LogP contribution < -0.4 is 10.6 Å². The molecule has 1 fully saturated rings. The van der Waals surface area contributed by atoms with E-state index < -0.39 is 0 Å². The number of carbonyl (C=O) groups is 3. The zero-order valence-electron chi connectivity index (χ0n) is 13.6. The van der Waals surface area contributed by atoms with Crippen LogP contribution in [-0.2, 0) is 20.8 Å². The van der Waals surface area contributed by atoms with Crippen LogP contribution in [0.1, 0.15) is 36.8 Å². The minimum Gasteiger partial charge on any atom is -0.354 e. The number of rotatable bonds is 7. The third-order valence-electron chi connectivity index (χ3n) is 4.18. The van der Waals surface area contributed by atoms with Gasteiger partial charge in [-0.1, -0.05) is 29.8 Å². The van der Waals surface area contributed by atoms with E-state index in [1.807, 2.05) is 31.2 Å². The summed E-state index contributed by atoms with van der Waals surface area (Å²) in [6.45, 7) is 2.37. The van der Waals surface area contributed by atoms with Crippen LogP contribution in [0.3, 0.4) is 0 Å². The van der Waals surface area contributed by atoms with Gasteiger partial charge in [-0.15, -0.1) is 0 Å². The Morgan fingerprint density at radius 1 is 1.13 bits per heavy atom. The minimum atomic E-state index is -0.242. The summed E-state index contributed by atoms with van der Waals surface area (Å²) in [4.78, 5) is 34.9. The zero-order valence-corrected chi connectivity index (χ0v) is 13.6. The van der Waals surface area contributed by atoms with E-state index in [2.05, 4.69) is 10.6 Å². The summed E-state index contributed by atoms with van der Waals surface area (Å²) in [5.41, 5.74) is 2.30. The first kappa shape index (κ1) is 17.2. The topological polar surface area (TPSA) is 75.3 Å². The maximum Gasteiger partial charge on any atom is 0.239 e. The van der Waals surface area contributed by atoms with E-state index in [0.717, 1.165) is 18.4 Å². The molecule has 0 aliphatic heterocycles. The van der Waals surface area contributed by atoms with E-state index in [9.17, 15) is 14.4 Å². The van der Waals surface area contributed by atoms with E-state index in [1.165, 1.54) is 5.56 Å². The van der Waals surface area contributed by atoms with Gasteiger partial charge in [0.2, 0.25) is 11.8 Å². The van der Waals surface area contributed by atoms with Gasteiger partial charge in [0.15, 0.2) is 0 Å². The summed E-state index contributed by atoms with van der Waals surface area (Å²) < 4.78 is 0. The molecule has 1 aromatic carbocycles. The molecule has 0 saturated heterocycles. The number of amides is 2. The van der Waals surface area contributed by atoms with Crippen molar-refractivity contribution in [3.8, 4) is 0 Å². The van der Waals surface area contributed by atoms with Gasteiger partial charge >= 0.3 is 0 Å². The smallest absolute Gasteiger partial charge is 0.239 e. The second kappa shape index (κ2) is 8.46. The highest BCUT2D eigenvalue weighted by Crippen LogP contribution is 2.20. The molecular formula is C18H24N2O3. The standard InChI is InChI=1S/C18H24N2O3/c1-13-5-7-14(8-6-13)9-10-17(22)20-12-18(23)19-11-15-3-2-4-16(15)21/h5-8,15H,2-4,9-12H2,1H3,(H,19,23)(H,20,22)/t15-/m0/s1. The molecule has 0 radical (unpaired) electrons. The molecule has 2 amide bonds. The molecule has 0 aromatic heterocycles. The molecule has 0 heterocycles. The third-order valence-corrected chi connectivity index (χ3v) is 4.18. The Hall–Kier alpha value is -2.17. The van der Waals surface area contributed by atoms with Crippen LogP contribution in [0, 0.1) is 12.8 Å². The molecule has 23 heavy (non-hydrogen) atoms. The van der Waals surface area contributed by atoms with Crippen molar-refractivity contribution >= 4 is 17.6 Å². The van der Waals surface area contributed by atoms with E-state index >= 15 is 0 Å². The van der Waals surface area contributed by atoms with Gasteiger partial charge in [-0.2, -0.15) is 0 Å². The van der Waals surface area contributed by atoms with Crippen molar-refractivity contribution in [2.75, 3.05) is 13.1 Å². The molecule has 0 unspecified atom stereocenters. The Morgan fingerprint density at radius 2 is 1.87 bits per heavy atom. The average molecular weight is 316 g/mol. The molecule has 5 nitrogen and oxygen atoms in total. The number of hydrogen-bond donors (Lipinski definition) is 2. The molecule has 2 rings (SSSR count). The number of hydrogen-bond acceptors (Lipinski definition) is 3. The number of aryl methyl sites for hydroxylation is 2. The van der Waals surface area contributed by atoms with E-state index in [-0.39, 0.29) is 30.1 Å². The van der Waals surface area contributed by atoms with Crippen LogP contribution in [0.2, 0.25) is 0 Å². The molecular weight excluding hydrogens is 292 g/mol. The minimum absolute atomic E-state index is 0.0341. The fourth-order valence-electron chi connectivity index (χ4n) is 2.68. The van der Waals surface area contributed by atoms with Gasteiger partial charge < -0.3 is 10.6 Å². The molecule has 124 valence electrons. The zero-order chi connectivity index (χ0) is 16.7. The van der Waals surface area contributed by atoms with Gasteiger partial charge in [-0.05, 0) is 31.7 Å². The summed E-state index contributed by atoms with van der Waals surface area (Å²) in [5.74, 6) is -0.199. The number of nitrogens with one attached hydrogen (secondary N) is 2. The summed E-state index contributed by atoms with van der Waals surface area (Å²) in [6.07, 6.45) is 3.40. The highest BCUT2D eigenvalue weighted by molar-refractivity contribution is 5.86. The SMILES string of the molecule is Cc1ccc(CCC(=O)NCC(=O)NC[C@@H]2CCCC2=O)cc1. The number of ketones is 1. The van der Waals surface area contributed by atoms with Gasteiger partial charge in [0.1, 0.15) is 5.78 Å². The molecule has 1 atom stereocenters. The fourth-order valence-corrected chi connectivity index (χ4v) is 2.68. The van der Waals surface area contributed by atoms with Crippen molar-refractivity contribution in [2.45, 2.75) is 39.0 Å². The Labute approximate surface area is 136 Å². The molecule has 0 bridgehead atoms. The number of benzene rings is 1. The first-order chi connectivity index (χ1) is 11.0. The number of Topliss-reactive ketones (excluding diaryl/α,β-unsaturated/α-hetero) is 1. The third kappa shape index (κ3) is 5.85. The first-order valence-corrected chi connectivity index (χ1v) is 8.16.